The smallest absolute Gasteiger partial charge is 0.339 e. The fourth-order valence-corrected chi connectivity index (χ4v) is 1.60. The molecule has 0 atom stereocenters. The number of anilines is 1. The summed E-state index contributed by atoms with van der Waals surface area (Å²) in [5.41, 5.74) is 7.23. The van der Waals surface area contributed by atoms with E-state index in [4.69, 9.17) is 10.8 Å². The van der Waals surface area contributed by atoms with E-state index in [1.54, 1.807) is 10.9 Å². The molecule has 0 fully saturated rings. The van der Waals surface area contributed by atoms with E-state index in [-0.39, 0.29) is 17.3 Å². The highest BCUT2D eigenvalue weighted by atomic mass is 16.4. The van der Waals surface area contributed by atoms with Gasteiger partial charge in [-0.15, -0.1) is 0 Å². The minimum atomic E-state index is -1.08. The first-order valence-corrected chi connectivity index (χ1v) is 4.87. The Bertz CT molecular complexity index is 559. The number of fused-ring (bicyclic) bond motifs is 1. The van der Waals surface area contributed by atoms with Crippen LogP contribution >= 0.6 is 0 Å². The van der Waals surface area contributed by atoms with E-state index in [2.05, 4.69) is 10.1 Å². The molecule has 0 unspecified atom stereocenters. The zero-order valence-corrected chi connectivity index (χ0v) is 9.01. The van der Waals surface area contributed by atoms with Gasteiger partial charge in [0.2, 0.25) is 0 Å². The summed E-state index contributed by atoms with van der Waals surface area (Å²) in [4.78, 5) is 14.9. The molecule has 2 aromatic heterocycles. The first kappa shape index (κ1) is 10.4. The van der Waals surface area contributed by atoms with Gasteiger partial charge in [-0.05, 0) is 13.8 Å². The predicted octanol–water partition coefficient (Wildman–Crippen LogP) is 1.29. The van der Waals surface area contributed by atoms with Gasteiger partial charge in [0, 0.05) is 12.2 Å². The van der Waals surface area contributed by atoms with Crippen LogP contribution in [0.4, 0.5) is 5.69 Å². The molecule has 0 aliphatic heterocycles. The second kappa shape index (κ2) is 3.48. The summed E-state index contributed by atoms with van der Waals surface area (Å²) in [6, 6.07) is 0.102. The molecule has 6 heteroatoms. The average Bonchev–Trinajstić information content (AvgIpc) is 2.61. The summed E-state index contributed by atoms with van der Waals surface area (Å²) in [7, 11) is 0. The fraction of sp³-hybridized carbons (Fsp3) is 0.300. The summed E-state index contributed by atoms with van der Waals surface area (Å²) in [6.07, 6.45) is 2.84. The van der Waals surface area contributed by atoms with Crippen LogP contribution < -0.4 is 5.73 Å². The molecular formula is C10H12N4O2. The lowest BCUT2D eigenvalue weighted by atomic mass is 10.2. The van der Waals surface area contributed by atoms with Gasteiger partial charge in [-0.2, -0.15) is 5.10 Å². The SMILES string of the molecule is CC(C)n1ncc2ncc(C(=O)O)c(N)c21. The van der Waals surface area contributed by atoms with Crippen LogP contribution in [0.3, 0.4) is 0 Å². The number of carbonyl (C=O) groups is 1. The van der Waals surface area contributed by atoms with Gasteiger partial charge in [0.05, 0.1) is 11.9 Å². The van der Waals surface area contributed by atoms with Gasteiger partial charge in [-0.1, -0.05) is 0 Å². The Balaban J connectivity index is 2.80. The van der Waals surface area contributed by atoms with Crippen molar-refractivity contribution >= 4 is 22.7 Å². The first-order chi connectivity index (χ1) is 7.52. The molecule has 0 aliphatic rings. The Morgan fingerprint density at radius 1 is 1.50 bits per heavy atom. The van der Waals surface area contributed by atoms with Crippen molar-refractivity contribution in [1.29, 1.82) is 0 Å². The third-order valence-corrected chi connectivity index (χ3v) is 2.37. The largest absolute Gasteiger partial charge is 0.478 e. The maximum absolute atomic E-state index is 10.9. The monoisotopic (exact) mass is 220 g/mol. The standard InChI is InChI=1S/C10H12N4O2/c1-5(2)14-9-7(4-13-14)12-3-6(8(9)11)10(15)16/h3-5H,1-2H3,(H2,11,12)(H,15,16). The summed E-state index contributed by atoms with van der Waals surface area (Å²) in [6.45, 7) is 3.89. The third kappa shape index (κ3) is 1.39. The Kier molecular flexibility index (Phi) is 2.26. The number of aromatic carboxylic acids is 1. The van der Waals surface area contributed by atoms with Crippen LogP contribution in [0.5, 0.6) is 0 Å². The quantitative estimate of drug-likeness (QED) is 0.795. The van der Waals surface area contributed by atoms with E-state index in [0.29, 0.717) is 11.0 Å². The Hall–Kier alpha value is -2.11. The lowest BCUT2D eigenvalue weighted by molar-refractivity contribution is 0.0698. The van der Waals surface area contributed by atoms with Crippen LogP contribution in [0.2, 0.25) is 0 Å². The Labute approximate surface area is 91.7 Å². The summed E-state index contributed by atoms with van der Waals surface area (Å²) >= 11 is 0. The van der Waals surface area contributed by atoms with E-state index in [1.165, 1.54) is 6.20 Å². The number of rotatable bonds is 2. The second-order valence-corrected chi connectivity index (χ2v) is 3.81. The molecule has 0 aromatic carbocycles. The van der Waals surface area contributed by atoms with Crippen LogP contribution in [0.25, 0.3) is 11.0 Å². The Morgan fingerprint density at radius 3 is 2.75 bits per heavy atom. The van der Waals surface area contributed by atoms with Gasteiger partial charge in [0.15, 0.2) is 0 Å². The summed E-state index contributed by atoms with van der Waals surface area (Å²) in [5, 5.41) is 13.1. The van der Waals surface area contributed by atoms with Crippen molar-refractivity contribution in [2.24, 2.45) is 0 Å². The van der Waals surface area contributed by atoms with Crippen LogP contribution in [0.1, 0.15) is 30.2 Å². The molecule has 2 aromatic rings. The topological polar surface area (TPSA) is 94.0 Å². The van der Waals surface area contributed by atoms with Gasteiger partial charge in [0.25, 0.3) is 0 Å². The van der Waals surface area contributed by atoms with Gasteiger partial charge in [0.1, 0.15) is 16.6 Å². The molecule has 0 amide bonds. The number of nitrogens with zero attached hydrogens (tertiary/aromatic N) is 3. The van der Waals surface area contributed by atoms with Crippen molar-refractivity contribution < 1.29 is 9.90 Å². The normalized spacial score (nSPS) is 11.2. The molecule has 0 saturated heterocycles. The number of nitrogens with two attached hydrogens (primary N) is 1. The maximum Gasteiger partial charge on any atom is 0.339 e. The number of nitrogen functional groups attached to an aromatic ring is 1. The fourth-order valence-electron chi connectivity index (χ4n) is 1.60. The molecule has 2 heterocycles. The predicted molar refractivity (Wildman–Crippen MR) is 59.3 cm³/mol. The van der Waals surface area contributed by atoms with Gasteiger partial charge in [-0.25, -0.2) is 4.79 Å². The van der Waals surface area contributed by atoms with E-state index < -0.39 is 5.97 Å². The lowest BCUT2D eigenvalue weighted by Gasteiger charge is -2.09. The molecule has 6 nitrogen and oxygen atoms in total. The van der Waals surface area contributed by atoms with E-state index in [9.17, 15) is 4.79 Å². The highest BCUT2D eigenvalue weighted by Crippen LogP contribution is 2.24. The molecular weight excluding hydrogens is 208 g/mol. The molecule has 3 N–H and O–H groups in total. The number of carboxylic acids is 1. The second-order valence-electron chi connectivity index (χ2n) is 3.81. The maximum atomic E-state index is 10.9. The number of carboxylic acid groups (broad SMARTS) is 1. The first-order valence-electron chi connectivity index (χ1n) is 4.87. The summed E-state index contributed by atoms with van der Waals surface area (Å²) < 4.78 is 1.67. The molecule has 0 spiro atoms. The average molecular weight is 220 g/mol. The number of hydrogen-bond donors (Lipinski definition) is 2. The zero-order chi connectivity index (χ0) is 11.9. The van der Waals surface area contributed by atoms with Crippen LogP contribution in [-0.4, -0.2) is 25.8 Å². The van der Waals surface area contributed by atoms with Crippen molar-refractivity contribution in [2.45, 2.75) is 19.9 Å². The highest BCUT2D eigenvalue weighted by Gasteiger charge is 2.16. The minimum absolute atomic E-state index is 0.00917. The Morgan fingerprint density at radius 2 is 2.19 bits per heavy atom. The number of hydrogen-bond acceptors (Lipinski definition) is 4. The highest BCUT2D eigenvalue weighted by molar-refractivity contribution is 6.01. The molecule has 16 heavy (non-hydrogen) atoms. The van der Waals surface area contributed by atoms with Crippen molar-refractivity contribution in [3.63, 3.8) is 0 Å². The number of pyridine rings is 1. The third-order valence-electron chi connectivity index (χ3n) is 2.37. The lowest BCUT2D eigenvalue weighted by Crippen LogP contribution is -2.08. The van der Waals surface area contributed by atoms with Gasteiger partial charge in [-0.3, -0.25) is 9.67 Å². The van der Waals surface area contributed by atoms with Crippen LogP contribution in [0.15, 0.2) is 12.4 Å². The van der Waals surface area contributed by atoms with Crippen molar-refractivity contribution in [1.82, 2.24) is 14.8 Å². The molecule has 84 valence electrons. The molecule has 0 bridgehead atoms. The zero-order valence-electron chi connectivity index (χ0n) is 9.01. The molecule has 0 radical (unpaired) electrons. The number of aromatic nitrogens is 3. The summed E-state index contributed by atoms with van der Waals surface area (Å²) in [5.74, 6) is -1.08. The van der Waals surface area contributed by atoms with E-state index in [0.717, 1.165) is 0 Å². The van der Waals surface area contributed by atoms with Gasteiger partial charge >= 0.3 is 5.97 Å². The minimum Gasteiger partial charge on any atom is -0.478 e. The van der Waals surface area contributed by atoms with E-state index in [1.807, 2.05) is 13.8 Å². The van der Waals surface area contributed by atoms with E-state index >= 15 is 0 Å². The van der Waals surface area contributed by atoms with Crippen molar-refractivity contribution in [3.05, 3.63) is 18.0 Å². The molecule has 2 rings (SSSR count). The molecule has 0 aliphatic carbocycles. The van der Waals surface area contributed by atoms with Crippen LogP contribution in [0, 0.1) is 0 Å². The molecule has 0 saturated carbocycles. The van der Waals surface area contributed by atoms with Crippen LogP contribution in [-0.2, 0) is 0 Å². The van der Waals surface area contributed by atoms with Gasteiger partial charge < -0.3 is 10.8 Å². The van der Waals surface area contributed by atoms with Crippen molar-refractivity contribution in [2.75, 3.05) is 5.73 Å². The van der Waals surface area contributed by atoms with Crippen molar-refractivity contribution in [3.8, 4) is 0 Å².